The van der Waals surface area contributed by atoms with Crippen LogP contribution >= 0.6 is 0 Å². The van der Waals surface area contributed by atoms with E-state index in [9.17, 15) is 0 Å². The minimum atomic E-state index is 0.265. The Labute approximate surface area is 130 Å². The monoisotopic (exact) mass is 294 g/mol. The molecule has 1 aliphatic heterocycles. The third-order valence-electron chi connectivity index (χ3n) is 6.49. The Bertz CT molecular complexity index is 353. The molecule has 3 heteroatoms. The summed E-state index contributed by atoms with van der Waals surface area (Å²) in [7, 11) is 4.55. The molecule has 3 nitrogen and oxygen atoms in total. The Morgan fingerprint density at radius 1 is 1.10 bits per heavy atom. The highest BCUT2D eigenvalue weighted by atomic mass is 16.5. The Kier molecular flexibility index (Phi) is 4.63. The molecular formula is C18H34N2O. The summed E-state index contributed by atoms with van der Waals surface area (Å²) in [5.41, 5.74) is 0.643. The van der Waals surface area contributed by atoms with Crippen LogP contribution in [0.15, 0.2) is 0 Å². The predicted octanol–water partition coefficient (Wildman–Crippen LogP) is 3.19. The Hall–Kier alpha value is -0.120. The Morgan fingerprint density at radius 2 is 1.90 bits per heavy atom. The van der Waals surface area contributed by atoms with Gasteiger partial charge in [0.15, 0.2) is 0 Å². The van der Waals surface area contributed by atoms with Crippen molar-refractivity contribution in [3.05, 3.63) is 0 Å². The molecule has 0 amide bonds. The van der Waals surface area contributed by atoms with Crippen molar-refractivity contribution in [1.82, 2.24) is 10.2 Å². The van der Waals surface area contributed by atoms with E-state index in [2.05, 4.69) is 31.2 Å². The maximum Gasteiger partial charge on any atom is 0.0697 e. The van der Waals surface area contributed by atoms with Gasteiger partial charge >= 0.3 is 0 Å². The highest BCUT2D eigenvalue weighted by molar-refractivity contribution is 4.99. The van der Waals surface area contributed by atoms with E-state index in [1.54, 1.807) is 0 Å². The summed E-state index contributed by atoms with van der Waals surface area (Å²) in [6.45, 7) is 4.54. The molecule has 3 aliphatic rings. The molecule has 3 rings (SSSR count). The van der Waals surface area contributed by atoms with Crippen LogP contribution < -0.4 is 5.32 Å². The third-order valence-corrected chi connectivity index (χ3v) is 6.49. The average Bonchev–Trinajstić information content (AvgIpc) is 2.44. The van der Waals surface area contributed by atoms with E-state index in [0.29, 0.717) is 11.6 Å². The molecule has 0 radical (unpaired) electrons. The van der Waals surface area contributed by atoms with Crippen LogP contribution in [0.25, 0.3) is 0 Å². The van der Waals surface area contributed by atoms with Gasteiger partial charge < -0.3 is 15.0 Å². The highest BCUT2D eigenvalue weighted by Gasteiger charge is 2.43. The van der Waals surface area contributed by atoms with Crippen LogP contribution in [0.5, 0.6) is 0 Å². The summed E-state index contributed by atoms with van der Waals surface area (Å²) in [6.07, 6.45) is 11.9. The van der Waals surface area contributed by atoms with Crippen molar-refractivity contribution in [2.24, 2.45) is 5.92 Å². The lowest BCUT2D eigenvalue weighted by Crippen LogP contribution is -2.58. The number of nitrogens with one attached hydrogen (secondary N) is 1. The maximum atomic E-state index is 6.06. The number of rotatable bonds is 4. The molecule has 21 heavy (non-hydrogen) atoms. The van der Waals surface area contributed by atoms with Crippen molar-refractivity contribution in [2.75, 3.05) is 27.2 Å². The number of nitrogens with zero attached hydrogens (tertiary/aromatic N) is 1. The van der Waals surface area contributed by atoms with E-state index >= 15 is 0 Å². The van der Waals surface area contributed by atoms with E-state index in [1.807, 2.05) is 0 Å². The summed E-state index contributed by atoms with van der Waals surface area (Å²) in [6, 6.07) is 0.674. The molecule has 1 N–H and O–H groups in total. The fraction of sp³-hybridized carbons (Fsp3) is 1.00. The van der Waals surface area contributed by atoms with Crippen molar-refractivity contribution >= 4 is 0 Å². The lowest BCUT2D eigenvalue weighted by atomic mass is 9.73. The summed E-state index contributed by atoms with van der Waals surface area (Å²) in [4.78, 5) is 2.49. The van der Waals surface area contributed by atoms with Gasteiger partial charge in [-0.2, -0.15) is 0 Å². The topological polar surface area (TPSA) is 24.5 Å². The van der Waals surface area contributed by atoms with Crippen LogP contribution in [0.4, 0.5) is 0 Å². The fourth-order valence-electron chi connectivity index (χ4n) is 4.81. The highest BCUT2D eigenvalue weighted by Crippen LogP contribution is 2.42. The second kappa shape index (κ2) is 6.17. The summed E-state index contributed by atoms with van der Waals surface area (Å²) in [5, 5.41) is 3.94. The second-order valence-electron chi connectivity index (χ2n) is 8.28. The number of ether oxygens (including phenoxy) is 1. The van der Waals surface area contributed by atoms with Gasteiger partial charge in [0.25, 0.3) is 0 Å². The lowest BCUT2D eigenvalue weighted by molar-refractivity contribution is -0.136. The first kappa shape index (κ1) is 15.8. The molecule has 122 valence electrons. The zero-order valence-electron chi connectivity index (χ0n) is 14.3. The molecule has 3 fully saturated rings. The zero-order valence-corrected chi connectivity index (χ0v) is 14.3. The molecule has 0 aromatic heterocycles. The first-order valence-corrected chi connectivity index (χ1v) is 9.08. The fourth-order valence-corrected chi connectivity index (χ4v) is 4.81. The molecule has 2 saturated carbocycles. The van der Waals surface area contributed by atoms with Crippen LogP contribution in [0.2, 0.25) is 0 Å². The van der Waals surface area contributed by atoms with Crippen molar-refractivity contribution in [3.8, 4) is 0 Å². The smallest absolute Gasteiger partial charge is 0.0697 e. The normalized spacial score (nSPS) is 39.4. The van der Waals surface area contributed by atoms with Crippen LogP contribution in [-0.2, 0) is 4.74 Å². The van der Waals surface area contributed by atoms with E-state index < -0.39 is 0 Å². The quantitative estimate of drug-likeness (QED) is 0.862. The number of hydrogen-bond acceptors (Lipinski definition) is 3. The molecular weight excluding hydrogens is 260 g/mol. The van der Waals surface area contributed by atoms with Gasteiger partial charge in [0.2, 0.25) is 0 Å². The van der Waals surface area contributed by atoms with Crippen molar-refractivity contribution in [2.45, 2.75) is 81.9 Å². The SMILES string of the molecule is CC1CCCC(CNC2CCOC3(CCC3)C2)(N(C)C)C1. The molecule has 1 heterocycles. The van der Waals surface area contributed by atoms with Gasteiger partial charge in [0.1, 0.15) is 0 Å². The number of likely N-dealkylation sites (N-methyl/N-ethyl adjacent to an activating group) is 1. The van der Waals surface area contributed by atoms with Gasteiger partial charge in [-0.15, -0.1) is 0 Å². The molecule has 2 aliphatic carbocycles. The van der Waals surface area contributed by atoms with E-state index in [1.165, 1.54) is 57.8 Å². The van der Waals surface area contributed by atoms with Crippen LogP contribution in [0, 0.1) is 5.92 Å². The van der Waals surface area contributed by atoms with Crippen molar-refractivity contribution < 1.29 is 4.74 Å². The first-order valence-electron chi connectivity index (χ1n) is 9.08. The largest absolute Gasteiger partial charge is 0.375 e. The van der Waals surface area contributed by atoms with Crippen LogP contribution in [0.1, 0.15) is 64.7 Å². The lowest BCUT2D eigenvalue weighted by Gasteiger charge is -2.49. The average molecular weight is 294 g/mol. The molecule has 0 aromatic rings. The minimum Gasteiger partial charge on any atom is -0.375 e. The van der Waals surface area contributed by atoms with E-state index in [0.717, 1.165) is 19.1 Å². The second-order valence-corrected chi connectivity index (χ2v) is 8.28. The van der Waals surface area contributed by atoms with Gasteiger partial charge in [0.05, 0.1) is 5.60 Å². The number of hydrogen-bond donors (Lipinski definition) is 1. The standard InChI is InChI=1S/C18H34N2O/c1-15-6-4-8-17(12-15,20(2)3)14-19-16-7-11-21-18(13-16)9-5-10-18/h15-16,19H,4-14H2,1-3H3. The van der Waals surface area contributed by atoms with Gasteiger partial charge in [-0.3, -0.25) is 0 Å². The molecule has 1 saturated heterocycles. The van der Waals surface area contributed by atoms with Crippen molar-refractivity contribution in [3.63, 3.8) is 0 Å². The molecule has 3 atom stereocenters. The van der Waals surface area contributed by atoms with Crippen LogP contribution in [-0.4, -0.2) is 49.3 Å². The van der Waals surface area contributed by atoms with Gasteiger partial charge in [-0.1, -0.05) is 19.8 Å². The van der Waals surface area contributed by atoms with E-state index in [-0.39, 0.29) is 5.60 Å². The molecule has 3 unspecified atom stereocenters. The third kappa shape index (κ3) is 3.30. The van der Waals surface area contributed by atoms with E-state index in [4.69, 9.17) is 4.74 Å². The first-order chi connectivity index (χ1) is 10.0. The van der Waals surface area contributed by atoms with Gasteiger partial charge in [-0.25, -0.2) is 0 Å². The molecule has 1 spiro atoms. The molecule has 0 aromatic carbocycles. The summed E-state index contributed by atoms with van der Waals surface area (Å²) >= 11 is 0. The molecule has 0 bridgehead atoms. The maximum absolute atomic E-state index is 6.06. The Morgan fingerprint density at radius 3 is 2.52 bits per heavy atom. The Balaban J connectivity index is 1.56. The van der Waals surface area contributed by atoms with Gasteiger partial charge in [-0.05, 0) is 65.0 Å². The zero-order chi connectivity index (χ0) is 14.9. The van der Waals surface area contributed by atoms with Crippen molar-refractivity contribution in [1.29, 1.82) is 0 Å². The minimum absolute atomic E-state index is 0.265. The van der Waals surface area contributed by atoms with Gasteiger partial charge in [0, 0.05) is 24.7 Å². The summed E-state index contributed by atoms with van der Waals surface area (Å²) in [5.74, 6) is 0.871. The summed E-state index contributed by atoms with van der Waals surface area (Å²) < 4.78 is 6.06. The predicted molar refractivity (Wildman–Crippen MR) is 87.6 cm³/mol. The van der Waals surface area contributed by atoms with Crippen LogP contribution in [0.3, 0.4) is 0 Å².